The van der Waals surface area contributed by atoms with Gasteiger partial charge in [-0.05, 0) is 19.3 Å². The molecule has 2 unspecified atom stereocenters. The van der Waals surface area contributed by atoms with Gasteiger partial charge >= 0.3 is 12.0 Å². The first-order valence-electron chi connectivity index (χ1n) is 7.36. The van der Waals surface area contributed by atoms with E-state index in [9.17, 15) is 9.59 Å². The highest BCUT2D eigenvalue weighted by atomic mass is 16.4. The first-order chi connectivity index (χ1) is 9.08. The van der Waals surface area contributed by atoms with Crippen molar-refractivity contribution in [2.45, 2.75) is 58.4 Å². The van der Waals surface area contributed by atoms with Gasteiger partial charge in [0, 0.05) is 19.1 Å². The SMILES string of the molecule is CCCCC(CCC)NC(=O)N1CCC(C(=O)O)C1. The molecule has 0 aromatic heterocycles. The zero-order valence-electron chi connectivity index (χ0n) is 12.0. The summed E-state index contributed by atoms with van der Waals surface area (Å²) in [5.41, 5.74) is 0. The summed E-state index contributed by atoms with van der Waals surface area (Å²) in [6.45, 7) is 5.15. The average molecular weight is 270 g/mol. The Kier molecular flexibility index (Phi) is 6.67. The van der Waals surface area contributed by atoms with Crippen LogP contribution in [0, 0.1) is 5.92 Å². The zero-order valence-corrected chi connectivity index (χ0v) is 12.0. The second kappa shape index (κ2) is 8.02. The summed E-state index contributed by atoms with van der Waals surface area (Å²) in [5, 5.41) is 12.0. The van der Waals surface area contributed by atoms with Crippen LogP contribution < -0.4 is 5.32 Å². The number of carbonyl (C=O) groups excluding carboxylic acids is 1. The number of hydrogen-bond acceptors (Lipinski definition) is 2. The van der Waals surface area contributed by atoms with E-state index in [-0.39, 0.29) is 12.1 Å². The third-order valence-electron chi connectivity index (χ3n) is 3.70. The average Bonchev–Trinajstić information content (AvgIpc) is 2.86. The maximum atomic E-state index is 12.1. The van der Waals surface area contributed by atoms with E-state index in [2.05, 4.69) is 19.2 Å². The number of carboxylic acids is 1. The molecule has 1 heterocycles. The Morgan fingerprint density at radius 3 is 2.58 bits per heavy atom. The van der Waals surface area contributed by atoms with Crippen molar-refractivity contribution in [2.75, 3.05) is 13.1 Å². The number of rotatable bonds is 7. The fraction of sp³-hybridized carbons (Fsp3) is 0.857. The van der Waals surface area contributed by atoms with Gasteiger partial charge in [0.15, 0.2) is 0 Å². The summed E-state index contributed by atoms with van der Waals surface area (Å²) in [6, 6.07) is 0.125. The van der Waals surface area contributed by atoms with E-state index in [1.54, 1.807) is 4.90 Å². The number of unbranched alkanes of at least 4 members (excludes halogenated alkanes) is 1. The molecule has 0 saturated carbocycles. The van der Waals surface area contributed by atoms with Crippen molar-refractivity contribution in [3.8, 4) is 0 Å². The van der Waals surface area contributed by atoms with Crippen molar-refractivity contribution in [1.82, 2.24) is 10.2 Å². The highest BCUT2D eigenvalue weighted by Crippen LogP contribution is 2.17. The predicted molar refractivity (Wildman–Crippen MR) is 74.1 cm³/mol. The molecule has 2 atom stereocenters. The fourth-order valence-corrected chi connectivity index (χ4v) is 2.50. The molecule has 1 saturated heterocycles. The molecule has 0 bridgehead atoms. The summed E-state index contributed by atoms with van der Waals surface area (Å²) in [7, 11) is 0. The minimum Gasteiger partial charge on any atom is -0.481 e. The molecule has 19 heavy (non-hydrogen) atoms. The van der Waals surface area contributed by atoms with E-state index in [1.165, 1.54) is 0 Å². The van der Waals surface area contributed by atoms with Gasteiger partial charge in [-0.25, -0.2) is 4.79 Å². The van der Waals surface area contributed by atoms with E-state index >= 15 is 0 Å². The van der Waals surface area contributed by atoms with Gasteiger partial charge in [0.25, 0.3) is 0 Å². The van der Waals surface area contributed by atoms with Gasteiger partial charge in [0.05, 0.1) is 5.92 Å². The molecule has 0 spiro atoms. The van der Waals surface area contributed by atoms with E-state index < -0.39 is 11.9 Å². The molecule has 2 amide bonds. The van der Waals surface area contributed by atoms with Crippen LogP contribution in [0.25, 0.3) is 0 Å². The number of hydrogen-bond donors (Lipinski definition) is 2. The van der Waals surface area contributed by atoms with Crippen LogP contribution in [-0.4, -0.2) is 41.1 Å². The van der Waals surface area contributed by atoms with Crippen molar-refractivity contribution < 1.29 is 14.7 Å². The third-order valence-corrected chi connectivity index (χ3v) is 3.70. The van der Waals surface area contributed by atoms with Crippen LogP contribution in [0.2, 0.25) is 0 Å². The maximum Gasteiger partial charge on any atom is 0.317 e. The topological polar surface area (TPSA) is 69.6 Å². The van der Waals surface area contributed by atoms with Gasteiger partial charge in [-0.15, -0.1) is 0 Å². The van der Waals surface area contributed by atoms with Crippen LogP contribution in [0.1, 0.15) is 52.4 Å². The van der Waals surface area contributed by atoms with Gasteiger partial charge in [0.2, 0.25) is 0 Å². The van der Waals surface area contributed by atoms with Crippen LogP contribution in [0.4, 0.5) is 4.79 Å². The number of aliphatic carboxylic acids is 1. The highest BCUT2D eigenvalue weighted by molar-refractivity contribution is 5.77. The number of urea groups is 1. The van der Waals surface area contributed by atoms with E-state index in [4.69, 9.17) is 5.11 Å². The number of likely N-dealkylation sites (tertiary alicyclic amines) is 1. The number of nitrogens with zero attached hydrogens (tertiary/aromatic N) is 1. The Hall–Kier alpha value is -1.26. The normalized spacial score (nSPS) is 20.3. The van der Waals surface area contributed by atoms with Gasteiger partial charge in [-0.3, -0.25) is 4.79 Å². The van der Waals surface area contributed by atoms with Gasteiger partial charge < -0.3 is 15.3 Å². The lowest BCUT2D eigenvalue weighted by Gasteiger charge is -2.23. The van der Waals surface area contributed by atoms with Gasteiger partial charge in [0.1, 0.15) is 0 Å². The molecule has 1 rings (SSSR count). The number of nitrogens with one attached hydrogen (secondary N) is 1. The van der Waals surface area contributed by atoms with Crippen molar-refractivity contribution in [3.05, 3.63) is 0 Å². The fourth-order valence-electron chi connectivity index (χ4n) is 2.50. The quantitative estimate of drug-likeness (QED) is 0.746. The molecule has 0 aliphatic carbocycles. The summed E-state index contributed by atoms with van der Waals surface area (Å²) in [5.74, 6) is -1.20. The standard InChI is InChI=1S/C14H26N2O3/c1-3-5-7-12(6-4-2)15-14(19)16-9-8-11(10-16)13(17)18/h11-12H,3-10H2,1-2H3,(H,15,19)(H,17,18). The van der Waals surface area contributed by atoms with Crippen molar-refractivity contribution in [1.29, 1.82) is 0 Å². The molecule has 110 valence electrons. The minimum absolute atomic E-state index is 0.0988. The van der Waals surface area contributed by atoms with Crippen molar-refractivity contribution >= 4 is 12.0 Å². The smallest absolute Gasteiger partial charge is 0.317 e. The Morgan fingerprint density at radius 2 is 2.05 bits per heavy atom. The third kappa shape index (κ3) is 5.09. The second-order valence-electron chi connectivity index (χ2n) is 5.35. The summed E-state index contributed by atoms with van der Waals surface area (Å²) < 4.78 is 0. The monoisotopic (exact) mass is 270 g/mol. The highest BCUT2D eigenvalue weighted by Gasteiger charge is 2.31. The van der Waals surface area contributed by atoms with Crippen LogP contribution in [0.5, 0.6) is 0 Å². The van der Waals surface area contributed by atoms with Crippen LogP contribution in [-0.2, 0) is 4.79 Å². The lowest BCUT2D eigenvalue weighted by Crippen LogP contribution is -2.44. The number of amides is 2. The first-order valence-corrected chi connectivity index (χ1v) is 7.36. The van der Waals surface area contributed by atoms with Crippen LogP contribution in [0.3, 0.4) is 0 Å². The molecule has 0 aromatic carbocycles. The second-order valence-corrected chi connectivity index (χ2v) is 5.35. The summed E-state index contributed by atoms with van der Waals surface area (Å²) in [6.07, 6.45) is 5.85. The molecular formula is C14H26N2O3. The van der Waals surface area contributed by atoms with Gasteiger partial charge in [-0.2, -0.15) is 0 Å². The lowest BCUT2D eigenvalue weighted by molar-refractivity contribution is -0.141. The molecule has 1 fully saturated rings. The van der Waals surface area contributed by atoms with Crippen molar-refractivity contribution in [2.24, 2.45) is 5.92 Å². The predicted octanol–water partition coefficient (Wildman–Crippen LogP) is 2.46. The summed E-state index contributed by atoms with van der Waals surface area (Å²) in [4.78, 5) is 24.6. The molecule has 2 N–H and O–H groups in total. The number of carbonyl (C=O) groups is 2. The Labute approximate surface area is 115 Å². The first kappa shape index (κ1) is 15.8. The zero-order chi connectivity index (χ0) is 14.3. The maximum absolute atomic E-state index is 12.1. The Balaban J connectivity index is 2.41. The molecule has 5 nitrogen and oxygen atoms in total. The van der Waals surface area contributed by atoms with Crippen LogP contribution in [0.15, 0.2) is 0 Å². The van der Waals surface area contributed by atoms with E-state index in [1.807, 2.05) is 0 Å². The van der Waals surface area contributed by atoms with Gasteiger partial charge in [-0.1, -0.05) is 33.1 Å². The van der Waals surface area contributed by atoms with Crippen LogP contribution >= 0.6 is 0 Å². The lowest BCUT2D eigenvalue weighted by atomic mass is 10.1. The molecule has 0 radical (unpaired) electrons. The minimum atomic E-state index is -0.800. The summed E-state index contributed by atoms with van der Waals surface area (Å²) >= 11 is 0. The molecular weight excluding hydrogens is 244 g/mol. The molecule has 5 heteroatoms. The Morgan fingerprint density at radius 1 is 1.32 bits per heavy atom. The molecule has 1 aliphatic rings. The Bertz CT molecular complexity index is 307. The van der Waals surface area contributed by atoms with E-state index in [0.717, 1.165) is 32.1 Å². The van der Waals surface area contributed by atoms with E-state index in [0.29, 0.717) is 19.5 Å². The number of carboxylic acid groups (broad SMARTS) is 1. The molecule has 1 aliphatic heterocycles. The van der Waals surface area contributed by atoms with Crippen molar-refractivity contribution in [3.63, 3.8) is 0 Å². The molecule has 0 aromatic rings. The largest absolute Gasteiger partial charge is 0.481 e.